The van der Waals surface area contributed by atoms with E-state index in [-0.39, 0.29) is 11.8 Å². The Hall–Kier alpha value is -2.37. The smallest absolute Gasteiger partial charge is 0.227 e. The number of carbonyl (C=O) groups excluding carboxylic acids is 1. The van der Waals surface area contributed by atoms with Crippen LogP contribution in [0.1, 0.15) is 25.3 Å². The van der Waals surface area contributed by atoms with Gasteiger partial charge in [-0.2, -0.15) is 0 Å². The zero-order valence-corrected chi connectivity index (χ0v) is 15.8. The summed E-state index contributed by atoms with van der Waals surface area (Å²) >= 11 is 0. The molecule has 1 amide bonds. The van der Waals surface area contributed by atoms with Crippen LogP contribution in [-0.2, 0) is 16.1 Å². The zero-order valence-electron chi connectivity index (χ0n) is 15.8. The molecular formula is C22H28N2O3. The van der Waals surface area contributed by atoms with E-state index < -0.39 is 0 Å². The number of amides is 1. The Morgan fingerprint density at radius 1 is 1.15 bits per heavy atom. The van der Waals surface area contributed by atoms with Crippen molar-refractivity contribution < 1.29 is 14.3 Å². The Kier molecular flexibility index (Phi) is 7.25. The van der Waals surface area contributed by atoms with Crippen LogP contribution in [0.3, 0.4) is 0 Å². The van der Waals surface area contributed by atoms with Gasteiger partial charge in [0, 0.05) is 17.6 Å². The fraction of sp³-hybridized carbons (Fsp3) is 0.409. The van der Waals surface area contributed by atoms with Crippen molar-refractivity contribution in [3.05, 3.63) is 60.2 Å². The predicted octanol–water partition coefficient (Wildman–Crippen LogP) is 3.61. The van der Waals surface area contributed by atoms with Gasteiger partial charge >= 0.3 is 0 Å². The van der Waals surface area contributed by atoms with Crippen LogP contribution in [0, 0.1) is 5.92 Å². The van der Waals surface area contributed by atoms with Gasteiger partial charge in [-0.3, -0.25) is 4.79 Å². The van der Waals surface area contributed by atoms with Gasteiger partial charge in [-0.05, 0) is 56.1 Å². The maximum absolute atomic E-state index is 12.5. The van der Waals surface area contributed by atoms with Gasteiger partial charge in [0.15, 0.2) is 0 Å². The number of piperidine rings is 1. The summed E-state index contributed by atoms with van der Waals surface area (Å²) in [6, 6.07) is 17.9. The monoisotopic (exact) mass is 368 g/mol. The van der Waals surface area contributed by atoms with Crippen LogP contribution in [0.2, 0.25) is 0 Å². The SMILES string of the molecule is C[C@H]1C[C@@H](C(=O)Nc2cccc(COCCOc3ccccc3)c2)CCN1. The molecule has 1 fully saturated rings. The molecule has 2 aromatic carbocycles. The Labute approximate surface area is 161 Å². The number of benzene rings is 2. The molecule has 1 aliphatic heterocycles. The highest BCUT2D eigenvalue weighted by atomic mass is 16.5. The van der Waals surface area contributed by atoms with Crippen LogP contribution in [0.15, 0.2) is 54.6 Å². The molecule has 0 unspecified atom stereocenters. The number of anilines is 1. The van der Waals surface area contributed by atoms with E-state index in [4.69, 9.17) is 9.47 Å². The van der Waals surface area contributed by atoms with Gasteiger partial charge in [0.05, 0.1) is 13.2 Å². The molecule has 144 valence electrons. The molecule has 0 aliphatic carbocycles. The Morgan fingerprint density at radius 2 is 2.00 bits per heavy atom. The number of hydrogen-bond acceptors (Lipinski definition) is 4. The summed E-state index contributed by atoms with van der Waals surface area (Å²) in [5.74, 6) is 1.03. The third kappa shape index (κ3) is 6.38. The van der Waals surface area contributed by atoms with Gasteiger partial charge in [0.2, 0.25) is 5.91 Å². The summed E-state index contributed by atoms with van der Waals surface area (Å²) in [4.78, 5) is 12.5. The van der Waals surface area contributed by atoms with Crippen LogP contribution < -0.4 is 15.4 Å². The fourth-order valence-corrected chi connectivity index (χ4v) is 3.28. The van der Waals surface area contributed by atoms with E-state index in [1.165, 1.54) is 0 Å². The lowest BCUT2D eigenvalue weighted by molar-refractivity contribution is -0.120. The second kappa shape index (κ2) is 10.1. The topological polar surface area (TPSA) is 59.6 Å². The second-order valence-electron chi connectivity index (χ2n) is 6.98. The van der Waals surface area contributed by atoms with Crippen molar-refractivity contribution in [2.45, 2.75) is 32.4 Å². The molecule has 2 aromatic rings. The van der Waals surface area contributed by atoms with Gasteiger partial charge in [-0.1, -0.05) is 30.3 Å². The minimum absolute atomic E-state index is 0.0799. The predicted molar refractivity (Wildman–Crippen MR) is 107 cm³/mol. The highest BCUT2D eigenvalue weighted by Gasteiger charge is 2.24. The van der Waals surface area contributed by atoms with Crippen LogP contribution in [0.25, 0.3) is 0 Å². The molecule has 0 aromatic heterocycles. The molecule has 2 atom stereocenters. The largest absolute Gasteiger partial charge is 0.491 e. The lowest BCUT2D eigenvalue weighted by Crippen LogP contribution is -2.40. The molecule has 0 radical (unpaired) electrons. The van der Waals surface area contributed by atoms with Crippen molar-refractivity contribution in [1.82, 2.24) is 5.32 Å². The molecule has 1 aliphatic rings. The molecule has 5 nitrogen and oxygen atoms in total. The zero-order chi connectivity index (χ0) is 18.9. The minimum atomic E-state index is 0.0799. The summed E-state index contributed by atoms with van der Waals surface area (Å²) in [5.41, 5.74) is 1.86. The average Bonchev–Trinajstić information content (AvgIpc) is 2.69. The van der Waals surface area contributed by atoms with Crippen LogP contribution in [0.4, 0.5) is 5.69 Å². The first-order valence-electron chi connectivity index (χ1n) is 9.59. The summed E-state index contributed by atoms with van der Waals surface area (Å²) in [5, 5.41) is 6.43. The minimum Gasteiger partial charge on any atom is -0.491 e. The Morgan fingerprint density at radius 3 is 2.81 bits per heavy atom. The molecule has 3 rings (SSSR count). The third-order valence-corrected chi connectivity index (χ3v) is 4.70. The average molecular weight is 368 g/mol. The summed E-state index contributed by atoms with van der Waals surface area (Å²) in [7, 11) is 0. The maximum atomic E-state index is 12.5. The number of nitrogens with one attached hydrogen (secondary N) is 2. The van der Waals surface area contributed by atoms with Crippen LogP contribution in [0.5, 0.6) is 5.75 Å². The van der Waals surface area contributed by atoms with Crippen molar-refractivity contribution in [2.24, 2.45) is 5.92 Å². The fourth-order valence-electron chi connectivity index (χ4n) is 3.28. The van der Waals surface area contributed by atoms with E-state index in [1.807, 2.05) is 54.6 Å². The van der Waals surface area contributed by atoms with E-state index in [1.54, 1.807) is 0 Å². The normalized spacial score (nSPS) is 19.4. The van der Waals surface area contributed by atoms with Gasteiger partial charge in [-0.15, -0.1) is 0 Å². The molecule has 1 heterocycles. The quantitative estimate of drug-likeness (QED) is 0.699. The lowest BCUT2D eigenvalue weighted by Gasteiger charge is -2.27. The van der Waals surface area contributed by atoms with Gasteiger partial charge in [0.25, 0.3) is 0 Å². The van der Waals surface area contributed by atoms with Crippen molar-refractivity contribution in [2.75, 3.05) is 25.1 Å². The van der Waals surface area contributed by atoms with Crippen LogP contribution >= 0.6 is 0 Å². The highest BCUT2D eigenvalue weighted by Crippen LogP contribution is 2.19. The van der Waals surface area contributed by atoms with Crippen LogP contribution in [-0.4, -0.2) is 31.7 Å². The molecule has 0 bridgehead atoms. The van der Waals surface area contributed by atoms with Crippen molar-refractivity contribution in [1.29, 1.82) is 0 Å². The van der Waals surface area contributed by atoms with Crippen molar-refractivity contribution in [3.8, 4) is 5.75 Å². The van der Waals surface area contributed by atoms with E-state index >= 15 is 0 Å². The molecule has 0 spiro atoms. The number of ether oxygens (including phenoxy) is 2. The molecule has 1 saturated heterocycles. The molecule has 5 heteroatoms. The number of carbonyl (C=O) groups is 1. The van der Waals surface area contributed by atoms with Gasteiger partial charge in [0.1, 0.15) is 12.4 Å². The Bertz CT molecular complexity index is 721. The van der Waals surface area contributed by atoms with Crippen molar-refractivity contribution in [3.63, 3.8) is 0 Å². The van der Waals surface area contributed by atoms with E-state index in [0.29, 0.717) is 25.9 Å². The number of hydrogen-bond donors (Lipinski definition) is 2. The molecule has 0 saturated carbocycles. The second-order valence-corrected chi connectivity index (χ2v) is 6.98. The number of rotatable bonds is 8. The van der Waals surface area contributed by atoms with Gasteiger partial charge < -0.3 is 20.1 Å². The van der Waals surface area contributed by atoms with Crippen molar-refractivity contribution >= 4 is 11.6 Å². The lowest BCUT2D eigenvalue weighted by atomic mass is 9.92. The first-order valence-corrected chi connectivity index (χ1v) is 9.59. The molecular weight excluding hydrogens is 340 g/mol. The summed E-state index contributed by atoms with van der Waals surface area (Å²) < 4.78 is 11.3. The first kappa shape index (κ1) is 19.4. The van der Waals surface area contributed by atoms with E-state index in [2.05, 4.69) is 17.6 Å². The van der Waals surface area contributed by atoms with Gasteiger partial charge in [-0.25, -0.2) is 0 Å². The Balaban J connectivity index is 1.41. The first-order chi connectivity index (χ1) is 13.2. The third-order valence-electron chi connectivity index (χ3n) is 4.70. The maximum Gasteiger partial charge on any atom is 0.227 e. The summed E-state index contributed by atoms with van der Waals surface area (Å²) in [6.45, 7) is 4.54. The van der Waals surface area contributed by atoms with E-state index in [0.717, 1.165) is 36.4 Å². The highest BCUT2D eigenvalue weighted by molar-refractivity contribution is 5.92. The molecule has 27 heavy (non-hydrogen) atoms. The molecule has 2 N–H and O–H groups in total. The van der Waals surface area contributed by atoms with E-state index in [9.17, 15) is 4.79 Å². The summed E-state index contributed by atoms with van der Waals surface area (Å²) in [6.07, 6.45) is 1.77. The number of para-hydroxylation sites is 1. The standard InChI is InChI=1S/C22H28N2O3/c1-17-14-19(10-11-23-17)22(25)24-20-7-5-6-18(15-20)16-26-12-13-27-21-8-3-2-4-9-21/h2-9,15,17,19,23H,10-14,16H2,1H3,(H,24,25)/t17-,19-/m0/s1.